The van der Waals surface area contributed by atoms with E-state index in [1.54, 1.807) is 0 Å². The molecule has 0 aromatic heterocycles. The van der Waals surface area contributed by atoms with E-state index in [1.165, 1.54) is 5.56 Å². The molecule has 0 unspecified atom stereocenters. The van der Waals surface area contributed by atoms with E-state index in [0.717, 1.165) is 25.7 Å². The Balaban J connectivity index is 1.58. The Morgan fingerprint density at radius 2 is 2.05 bits per heavy atom. The van der Waals surface area contributed by atoms with Crippen LogP contribution in [0, 0.1) is 11.8 Å². The minimum atomic E-state index is -0.318. The van der Waals surface area contributed by atoms with Gasteiger partial charge < -0.3 is 0 Å². The summed E-state index contributed by atoms with van der Waals surface area (Å²) in [6.07, 6.45) is 4.58. The highest BCUT2D eigenvalue weighted by atomic mass is 17.2. The summed E-state index contributed by atoms with van der Waals surface area (Å²) >= 11 is 0. The molecule has 0 spiro atoms. The first-order chi connectivity index (χ1) is 10.1. The Bertz CT molecular complexity index is 498. The molecule has 1 aliphatic heterocycles. The second kappa shape index (κ2) is 5.90. The Labute approximate surface area is 126 Å². The second-order valence-corrected chi connectivity index (χ2v) is 6.76. The molecule has 0 amide bonds. The topological polar surface area (TPSA) is 35.5 Å². The number of carbonyl (C=O) groups excluding carboxylic acids is 1. The van der Waals surface area contributed by atoms with Gasteiger partial charge in [0, 0.05) is 18.3 Å². The van der Waals surface area contributed by atoms with Crippen LogP contribution < -0.4 is 0 Å². The van der Waals surface area contributed by atoms with Crippen molar-refractivity contribution < 1.29 is 14.6 Å². The molecule has 2 fully saturated rings. The summed E-state index contributed by atoms with van der Waals surface area (Å²) in [5.74, 6) is 0.611. The summed E-state index contributed by atoms with van der Waals surface area (Å²) in [4.78, 5) is 23.3. The Morgan fingerprint density at radius 3 is 2.81 bits per heavy atom. The summed E-state index contributed by atoms with van der Waals surface area (Å²) < 4.78 is 0. The molecular formula is C18H24O3. The molecule has 1 aromatic carbocycles. The maximum Gasteiger partial charge on any atom is 0.138 e. The SMILES string of the molecule is C[C@H]1C(=O)C[C@@H]2C[C@H]1OO[C@]2(C)CCCc1ccccc1. The van der Waals surface area contributed by atoms with E-state index >= 15 is 0 Å². The highest BCUT2D eigenvalue weighted by Gasteiger charge is 2.49. The van der Waals surface area contributed by atoms with E-state index in [9.17, 15) is 4.79 Å². The minimum Gasteiger partial charge on any atom is -0.299 e. The van der Waals surface area contributed by atoms with Crippen LogP contribution in [0.3, 0.4) is 0 Å². The second-order valence-electron chi connectivity index (χ2n) is 6.76. The number of ketones is 1. The standard InChI is InChI=1S/C18H24O3/c1-13-16(19)11-15-12-17(13)20-21-18(15,2)10-6-9-14-7-4-3-5-8-14/h3-5,7-8,13,15,17H,6,9-12H2,1-2H3/t13-,15+,17+,18+/m0/s1. The lowest BCUT2D eigenvalue weighted by Crippen LogP contribution is -2.52. The third kappa shape index (κ3) is 3.04. The summed E-state index contributed by atoms with van der Waals surface area (Å²) in [5.41, 5.74) is 1.03. The minimum absolute atomic E-state index is 0.0184. The molecule has 1 aliphatic carbocycles. The fraction of sp³-hybridized carbons (Fsp3) is 0.611. The molecule has 3 heteroatoms. The van der Waals surface area contributed by atoms with Crippen LogP contribution >= 0.6 is 0 Å². The highest BCUT2D eigenvalue weighted by Crippen LogP contribution is 2.44. The van der Waals surface area contributed by atoms with Crippen molar-refractivity contribution in [3.63, 3.8) is 0 Å². The van der Waals surface area contributed by atoms with E-state index < -0.39 is 0 Å². The molecule has 2 bridgehead atoms. The van der Waals surface area contributed by atoms with Crippen LogP contribution in [0.4, 0.5) is 0 Å². The van der Waals surface area contributed by atoms with Crippen molar-refractivity contribution in [1.29, 1.82) is 0 Å². The molecule has 0 radical (unpaired) electrons. The smallest absolute Gasteiger partial charge is 0.138 e. The zero-order chi connectivity index (χ0) is 14.9. The van der Waals surface area contributed by atoms with Gasteiger partial charge in [0.25, 0.3) is 0 Å². The number of hydrogen-bond acceptors (Lipinski definition) is 3. The number of Topliss-reactive ketones (excluding diaryl/α,β-unsaturated/α-hetero) is 1. The predicted molar refractivity (Wildman–Crippen MR) is 80.6 cm³/mol. The number of rotatable bonds is 4. The molecule has 1 aromatic rings. The molecule has 0 N–H and O–H groups in total. The largest absolute Gasteiger partial charge is 0.299 e. The first-order valence-corrected chi connectivity index (χ1v) is 7.99. The Hall–Kier alpha value is -1.19. The van der Waals surface area contributed by atoms with E-state index in [-0.39, 0.29) is 17.6 Å². The summed E-state index contributed by atoms with van der Waals surface area (Å²) in [5, 5.41) is 0. The molecule has 1 saturated carbocycles. The lowest BCUT2D eigenvalue weighted by molar-refractivity contribution is -0.429. The molecule has 3 rings (SSSR count). The van der Waals surface area contributed by atoms with Gasteiger partial charge in [-0.15, -0.1) is 0 Å². The average molecular weight is 288 g/mol. The van der Waals surface area contributed by atoms with Gasteiger partial charge in [0.1, 0.15) is 17.5 Å². The maximum atomic E-state index is 12.1. The summed E-state index contributed by atoms with van der Waals surface area (Å²) in [6.45, 7) is 4.05. The maximum absolute atomic E-state index is 12.1. The van der Waals surface area contributed by atoms with Crippen molar-refractivity contribution in [2.24, 2.45) is 11.8 Å². The van der Waals surface area contributed by atoms with Crippen LogP contribution in [0.15, 0.2) is 30.3 Å². The lowest BCUT2D eigenvalue weighted by Gasteiger charge is -2.47. The van der Waals surface area contributed by atoms with Crippen molar-refractivity contribution in [2.45, 2.75) is 57.7 Å². The summed E-state index contributed by atoms with van der Waals surface area (Å²) in [7, 11) is 0. The normalized spacial score (nSPS) is 35.7. The average Bonchev–Trinajstić information content (AvgIpc) is 2.49. The van der Waals surface area contributed by atoms with E-state index in [4.69, 9.17) is 9.78 Å². The molecular weight excluding hydrogens is 264 g/mol. The third-order valence-electron chi connectivity index (χ3n) is 5.24. The number of fused-ring (bicyclic) bond motifs is 2. The quantitative estimate of drug-likeness (QED) is 0.792. The fourth-order valence-corrected chi connectivity index (χ4v) is 3.57. The van der Waals surface area contributed by atoms with E-state index in [1.807, 2.05) is 13.0 Å². The number of hydrogen-bond donors (Lipinski definition) is 0. The first-order valence-electron chi connectivity index (χ1n) is 7.99. The van der Waals surface area contributed by atoms with Crippen molar-refractivity contribution in [2.75, 3.05) is 0 Å². The Kier molecular flexibility index (Phi) is 4.14. The van der Waals surface area contributed by atoms with Crippen molar-refractivity contribution >= 4 is 5.78 Å². The fourth-order valence-electron chi connectivity index (χ4n) is 3.57. The van der Waals surface area contributed by atoms with Crippen molar-refractivity contribution in [3.8, 4) is 0 Å². The Morgan fingerprint density at radius 1 is 1.29 bits per heavy atom. The van der Waals surface area contributed by atoms with Gasteiger partial charge in [0.15, 0.2) is 0 Å². The third-order valence-corrected chi connectivity index (χ3v) is 5.24. The zero-order valence-electron chi connectivity index (χ0n) is 12.9. The number of benzene rings is 1. The van der Waals surface area contributed by atoms with Gasteiger partial charge in [0.05, 0.1) is 0 Å². The van der Waals surface area contributed by atoms with Crippen molar-refractivity contribution in [3.05, 3.63) is 35.9 Å². The zero-order valence-corrected chi connectivity index (χ0v) is 12.9. The van der Waals surface area contributed by atoms with Gasteiger partial charge in [-0.2, -0.15) is 0 Å². The van der Waals surface area contributed by atoms with Gasteiger partial charge in [-0.1, -0.05) is 37.3 Å². The molecule has 21 heavy (non-hydrogen) atoms. The molecule has 3 nitrogen and oxygen atoms in total. The molecule has 2 aliphatic rings. The van der Waals surface area contributed by atoms with Crippen LogP contribution in [-0.4, -0.2) is 17.5 Å². The molecule has 114 valence electrons. The van der Waals surface area contributed by atoms with Crippen molar-refractivity contribution in [1.82, 2.24) is 0 Å². The predicted octanol–water partition coefficient (Wildman–Crippen LogP) is 3.71. The van der Waals surface area contributed by atoms with Gasteiger partial charge in [-0.05, 0) is 38.2 Å². The van der Waals surface area contributed by atoms with Gasteiger partial charge >= 0.3 is 0 Å². The molecule has 1 saturated heterocycles. The van der Waals surface area contributed by atoms with E-state index in [0.29, 0.717) is 18.1 Å². The van der Waals surface area contributed by atoms with Gasteiger partial charge in [0.2, 0.25) is 0 Å². The highest BCUT2D eigenvalue weighted by molar-refractivity contribution is 5.82. The van der Waals surface area contributed by atoms with Gasteiger partial charge in [-0.25, -0.2) is 9.78 Å². The molecule has 1 heterocycles. The summed E-state index contributed by atoms with van der Waals surface area (Å²) in [6, 6.07) is 10.5. The van der Waals surface area contributed by atoms with Crippen LogP contribution in [0.2, 0.25) is 0 Å². The van der Waals surface area contributed by atoms with Crippen LogP contribution in [0.5, 0.6) is 0 Å². The van der Waals surface area contributed by atoms with E-state index in [2.05, 4.69) is 31.2 Å². The lowest BCUT2D eigenvalue weighted by atomic mass is 9.70. The van der Waals surface area contributed by atoms with Crippen LogP contribution in [0.1, 0.15) is 45.1 Å². The monoisotopic (exact) mass is 288 g/mol. The van der Waals surface area contributed by atoms with Crippen LogP contribution in [0.25, 0.3) is 0 Å². The number of aryl methyl sites for hydroxylation is 1. The van der Waals surface area contributed by atoms with Crippen LogP contribution in [-0.2, 0) is 21.0 Å². The number of carbonyl (C=O) groups is 1. The molecule has 4 atom stereocenters. The first kappa shape index (κ1) is 14.7. The van der Waals surface area contributed by atoms with Gasteiger partial charge in [-0.3, -0.25) is 4.79 Å².